The molecular formula is C21H30N4O. The molecule has 0 atom stereocenters. The van der Waals surface area contributed by atoms with E-state index >= 15 is 0 Å². The van der Waals surface area contributed by atoms with Gasteiger partial charge in [-0.05, 0) is 56.8 Å². The van der Waals surface area contributed by atoms with Crippen molar-refractivity contribution in [1.29, 1.82) is 0 Å². The molecule has 26 heavy (non-hydrogen) atoms. The van der Waals surface area contributed by atoms with E-state index in [0.717, 1.165) is 23.9 Å². The van der Waals surface area contributed by atoms with Crippen LogP contribution in [0.4, 0.5) is 0 Å². The Morgan fingerprint density at radius 2 is 2.00 bits per heavy atom. The molecule has 0 spiro atoms. The second kappa shape index (κ2) is 7.39. The number of carbonyl (C=O) groups is 1. The molecule has 1 aliphatic carbocycles. The zero-order valence-electron chi connectivity index (χ0n) is 15.9. The average Bonchev–Trinajstić information content (AvgIpc) is 2.99. The summed E-state index contributed by atoms with van der Waals surface area (Å²) in [6, 6.07) is 6.77. The number of hydrogen-bond donors (Lipinski definition) is 1. The number of likely N-dealkylation sites (tertiary alicyclic amines) is 1. The largest absolute Gasteiger partial charge is 0.350 e. The third-order valence-electron chi connectivity index (χ3n) is 6.10. The summed E-state index contributed by atoms with van der Waals surface area (Å²) >= 11 is 0. The molecule has 4 rings (SSSR count). The molecule has 1 amide bonds. The molecule has 5 heteroatoms. The molecule has 1 N–H and O–H groups in total. The fourth-order valence-corrected chi connectivity index (χ4v) is 4.23. The predicted octanol–water partition coefficient (Wildman–Crippen LogP) is 3.45. The Balaban J connectivity index is 1.37. The first kappa shape index (κ1) is 17.5. The molecule has 0 bridgehead atoms. The maximum atomic E-state index is 12.8. The number of hydrogen-bond acceptors (Lipinski definition) is 3. The van der Waals surface area contributed by atoms with E-state index in [-0.39, 0.29) is 11.8 Å². The molecule has 2 aromatic heterocycles. The quantitative estimate of drug-likeness (QED) is 0.895. The Morgan fingerprint density at radius 3 is 2.65 bits per heavy atom. The highest BCUT2D eigenvalue weighted by Gasteiger charge is 2.29. The predicted molar refractivity (Wildman–Crippen MR) is 104 cm³/mol. The number of piperidine rings is 1. The van der Waals surface area contributed by atoms with E-state index in [4.69, 9.17) is 0 Å². The molecule has 1 aliphatic heterocycles. The van der Waals surface area contributed by atoms with Crippen molar-refractivity contribution < 1.29 is 4.79 Å². The fraction of sp³-hybridized carbons (Fsp3) is 0.619. The number of nitrogens with zero attached hydrogens (tertiary/aromatic N) is 3. The van der Waals surface area contributed by atoms with Gasteiger partial charge in [0.1, 0.15) is 5.82 Å². The van der Waals surface area contributed by atoms with Gasteiger partial charge in [-0.1, -0.05) is 26.3 Å². The van der Waals surface area contributed by atoms with Gasteiger partial charge in [0.15, 0.2) is 5.69 Å². The number of imidazole rings is 1. The Labute approximate surface area is 155 Å². The smallest absolute Gasteiger partial charge is 0.272 e. The molecule has 0 unspecified atom stereocenters. The Kier molecular flexibility index (Phi) is 4.98. The minimum Gasteiger partial charge on any atom is -0.350 e. The van der Waals surface area contributed by atoms with Crippen molar-refractivity contribution in [3.05, 3.63) is 35.9 Å². The van der Waals surface area contributed by atoms with Gasteiger partial charge in [0.2, 0.25) is 0 Å². The molecule has 2 aliphatic rings. The van der Waals surface area contributed by atoms with Gasteiger partial charge in [-0.25, -0.2) is 4.98 Å². The highest BCUT2D eigenvalue weighted by atomic mass is 16.1. The summed E-state index contributed by atoms with van der Waals surface area (Å²) in [5.74, 6) is 1.78. The summed E-state index contributed by atoms with van der Waals surface area (Å²) < 4.78 is 2.04. The Bertz CT molecular complexity index is 769. The van der Waals surface area contributed by atoms with Crippen LogP contribution in [-0.4, -0.2) is 45.9 Å². The van der Waals surface area contributed by atoms with Crippen molar-refractivity contribution in [2.75, 3.05) is 19.6 Å². The molecular weight excluding hydrogens is 324 g/mol. The maximum absolute atomic E-state index is 12.8. The van der Waals surface area contributed by atoms with Crippen LogP contribution >= 0.6 is 0 Å². The third-order valence-corrected chi connectivity index (χ3v) is 6.10. The SMILES string of the molecule is CC(C)c1nc(C(=O)NCC2CCN(C3CCC3)CC2)c2ccccn12. The first-order valence-corrected chi connectivity index (χ1v) is 10.1. The van der Waals surface area contributed by atoms with Crippen LogP contribution in [0.15, 0.2) is 24.4 Å². The number of rotatable bonds is 5. The summed E-state index contributed by atoms with van der Waals surface area (Å²) in [6.45, 7) is 7.37. The molecule has 3 heterocycles. The number of amides is 1. The first-order chi connectivity index (χ1) is 12.6. The molecule has 1 saturated heterocycles. The highest BCUT2D eigenvalue weighted by Crippen LogP contribution is 2.28. The maximum Gasteiger partial charge on any atom is 0.272 e. The lowest BCUT2D eigenvalue weighted by molar-refractivity contribution is 0.0802. The van der Waals surface area contributed by atoms with Crippen LogP contribution in [0, 0.1) is 5.92 Å². The van der Waals surface area contributed by atoms with Crippen molar-refractivity contribution in [2.24, 2.45) is 5.92 Å². The van der Waals surface area contributed by atoms with E-state index in [1.807, 2.05) is 28.8 Å². The molecule has 2 fully saturated rings. The summed E-state index contributed by atoms with van der Waals surface area (Å²) in [5.41, 5.74) is 1.45. The minimum atomic E-state index is -0.0398. The van der Waals surface area contributed by atoms with Gasteiger partial charge in [-0.3, -0.25) is 4.79 Å². The van der Waals surface area contributed by atoms with E-state index < -0.39 is 0 Å². The number of fused-ring (bicyclic) bond motifs is 1. The van der Waals surface area contributed by atoms with Gasteiger partial charge in [0.05, 0.1) is 5.52 Å². The summed E-state index contributed by atoms with van der Waals surface area (Å²) in [7, 11) is 0. The monoisotopic (exact) mass is 354 g/mol. The molecule has 140 valence electrons. The average molecular weight is 354 g/mol. The van der Waals surface area contributed by atoms with Gasteiger partial charge in [-0.15, -0.1) is 0 Å². The molecule has 1 saturated carbocycles. The van der Waals surface area contributed by atoms with E-state index in [2.05, 4.69) is 29.0 Å². The highest BCUT2D eigenvalue weighted by molar-refractivity contribution is 5.99. The number of carbonyl (C=O) groups excluding carboxylic acids is 1. The molecule has 2 aromatic rings. The summed E-state index contributed by atoms with van der Waals surface area (Å²) in [6.07, 6.45) is 8.54. The van der Waals surface area contributed by atoms with Crippen LogP contribution in [0.25, 0.3) is 5.52 Å². The minimum absolute atomic E-state index is 0.0398. The van der Waals surface area contributed by atoms with Crippen LogP contribution in [0.3, 0.4) is 0 Å². The summed E-state index contributed by atoms with van der Waals surface area (Å²) in [5, 5.41) is 3.15. The fourth-order valence-electron chi connectivity index (χ4n) is 4.23. The molecule has 0 radical (unpaired) electrons. The number of pyridine rings is 1. The van der Waals surface area contributed by atoms with Crippen molar-refractivity contribution in [2.45, 2.75) is 57.9 Å². The third kappa shape index (κ3) is 3.37. The van der Waals surface area contributed by atoms with E-state index in [0.29, 0.717) is 11.6 Å². The lowest BCUT2D eigenvalue weighted by Crippen LogP contribution is -2.46. The number of aromatic nitrogens is 2. The van der Waals surface area contributed by atoms with E-state index in [1.165, 1.54) is 45.2 Å². The van der Waals surface area contributed by atoms with Gasteiger partial charge in [-0.2, -0.15) is 0 Å². The van der Waals surface area contributed by atoms with Crippen LogP contribution in [0.5, 0.6) is 0 Å². The topological polar surface area (TPSA) is 49.6 Å². The van der Waals surface area contributed by atoms with Crippen LogP contribution in [0.2, 0.25) is 0 Å². The normalized spacial score (nSPS) is 19.8. The Morgan fingerprint density at radius 1 is 1.23 bits per heavy atom. The van der Waals surface area contributed by atoms with Gasteiger partial charge in [0.25, 0.3) is 5.91 Å². The zero-order valence-corrected chi connectivity index (χ0v) is 15.9. The van der Waals surface area contributed by atoms with Crippen LogP contribution < -0.4 is 5.32 Å². The van der Waals surface area contributed by atoms with Gasteiger partial charge in [0, 0.05) is 24.7 Å². The van der Waals surface area contributed by atoms with Crippen molar-refractivity contribution >= 4 is 11.4 Å². The number of nitrogens with one attached hydrogen (secondary N) is 1. The van der Waals surface area contributed by atoms with Crippen LogP contribution in [-0.2, 0) is 0 Å². The van der Waals surface area contributed by atoms with Crippen molar-refractivity contribution in [1.82, 2.24) is 19.6 Å². The first-order valence-electron chi connectivity index (χ1n) is 10.1. The zero-order chi connectivity index (χ0) is 18.1. The van der Waals surface area contributed by atoms with Crippen molar-refractivity contribution in [3.63, 3.8) is 0 Å². The molecule has 0 aromatic carbocycles. The second-order valence-corrected chi connectivity index (χ2v) is 8.20. The van der Waals surface area contributed by atoms with E-state index in [1.54, 1.807) is 0 Å². The van der Waals surface area contributed by atoms with Gasteiger partial charge < -0.3 is 14.6 Å². The molecule has 5 nitrogen and oxygen atoms in total. The lowest BCUT2D eigenvalue weighted by atomic mass is 9.88. The van der Waals surface area contributed by atoms with Gasteiger partial charge >= 0.3 is 0 Å². The lowest BCUT2D eigenvalue weighted by Gasteiger charge is -2.41. The standard InChI is InChI=1S/C21H30N4O/c1-15(2)20-23-19(18-8-3-4-11-25(18)20)21(26)22-14-16-9-12-24(13-10-16)17-6-5-7-17/h3-4,8,11,15-17H,5-7,9-10,12-14H2,1-2H3,(H,22,26). The second-order valence-electron chi connectivity index (χ2n) is 8.20. The summed E-state index contributed by atoms with van der Waals surface area (Å²) in [4.78, 5) is 20.1. The van der Waals surface area contributed by atoms with E-state index in [9.17, 15) is 4.79 Å². The van der Waals surface area contributed by atoms with Crippen molar-refractivity contribution in [3.8, 4) is 0 Å². The van der Waals surface area contributed by atoms with Crippen LogP contribution in [0.1, 0.15) is 68.2 Å². The Hall–Kier alpha value is -1.88.